The standard InChI is InChI=1S/C33H43N3O5S2.C33H41N3O5S.C31H41N3O5S/c1-33(2,3)35-42(5,39)29-16-15-25(24-13-9-10-14-26(24)29)27-21-28(32(38)34-23-17-19-43(40,41)20-18-23)36(4)30(27)31(37)22-11-7-6-8-12-22;1-33(2,3)35-42(5,41)28-16-15-24(23-13-9-10-14-25(23)28)26-19-27(31(38)34-22-17-21(18-22)32(39)40)36(4)29(26)30(37)20-11-7-6-8-12-20;1-30(2,3)33-40(38,39)26-17-16-22(21-14-10-11-15-23(21)26)24-18-25(29(36)32-19-31(4,5)37)34(6)27(24)28(35)20-12-8-7-9-13-20/h9-10,13-16,21-23H,5-8,11-12,17-20H2,1-4H3,(H,34,38)(H,35,39);9-10,13-16,19-22H,5-8,11-12,17-18H2,1-4H3,(H,34,38)(H,35,41)(H,39,40);10-11,14-18,20,33,37H,7-9,12-13,19H2,1-6H3,(H,32,36). The first-order valence-corrected chi connectivity index (χ1v) is 50.5. The van der Waals surface area contributed by atoms with Gasteiger partial charge in [-0.15, -0.1) is 0 Å². The SMILES string of the molecule is C=S(=O)(NC(C)(C)C)c1ccc(-c2cc(C(=O)NC3CC(C(=O)O)C3)n(C)c2C(=O)C2CCCCC2)c2ccccc12.C=S(=O)(NC(C)(C)C)c1ccc(-c2cc(C(=O)NC3CCS(=O)(=O)CC3)n(C)c2C(=O)C2CCCCC2)c2ccccc12.Cn1c(C(=O)NCC(C)(C)O)cc(-c2ccc(S(=O)(=O)NC(C)(C)C)c3ccccc23)c1C(=O)C1CCCCC1. The van der Waals surface area contributed by atoms with Crippen LogP contribution in [0.4, 0.5) is 0 Å². The second-order valence-corrected chi connectivity index (χ2v) is 46.5. The number of amides is 3. The van der Waals surface area contributed by atoms with Gasteiger partial charge in [0.1, 0.15) is 26.9 Å². The number of benzene rings is 6. The number of nitrogens with zero attached hydrogens (tertiary/aromatic N) is 3. The van der Waals surface area contributed by atoms with E-state index in [0.29, 0.717) is 103 Å². The Hall–Kier alpha value is -9.39. The van der Waals surface area contributed by atoms with E-state index in [4.69, 9.17) is 0 Å². The van der Waals surface area contributed by atoms with E-state index in [0.717, 1.165) is 129 Å². The first kappa shape index (κ1) is 94.7. The molecule has 0 radical (unpaired) electrons. The molecule has 9 aromatic rings. The molecule has 125 heavy (non-hydrogen) atoms. The van der Waals surface area contributed by atoms with Gasteiger partial charge in [0, 0.05) is 96.2 Å². The van der Waals surface area contributed by atoms with Gasteiger partial charge in [-0.2, -0.15) is 0 Å². The van der Waals surface area contributed by atoms with E-state index in [9.17, 15) is 69.0 Å². The van der Waals surface area contributed by atoms with Crippen molar-refractivity contribution in [3.05, 3.63) is 162 Å². The second kappa shape index (κ2) is 37.5. The van der Waals surface area contributed by atoms with Gasteiger partial charge >= 0.3 is 5.97 Å². The number of aliphatic carboxylic acids is 1. The van der Waals surface area contributed by atoms with Crippen LogP contribution in [0.5, 0.6) is 0 Å². The molecule has 4 saturated carbocycles. The van der Waals surface area contributed by atoms with Gasteiger partial charge in [0.05, 0.1) is 74.2 Å². The average Bonchev–Trinajstić information content (AvgIpc) is 1.71. The predicted octanol–water partition coefficient (Wildman–Crippen LogP) is 16.1. The van der Waals surface area contributed by atoms with E-state index >= 15 is 0 Å². The Morgan fingerprint density at radius 3 is 1.02 bits per heavy atom. The summed E-state index contributed by atoms with van der Waals surface area (Å²) >= 11 is 0. The fourth-order valence-corrected chi connectivity index (χ4v) is 25.4. The van der Waals surface area contributed by atoms with Crippen LogP contribution in [0.25, 0.3) is 65.7 Å². The number of carbonyl (C=O) groups excluding carboxylic acids is 6. The molecule has 3 aromatic heterocycles. The first-order valence-electron chi connectivity index (χ1n) is 43.7. The van der Waals surface area contributed by atoms with E-state index < -0.39 is 79.3 Å². The summed E-state index contributed by atoms with van der Waals surface area (Å²) in [6.45, 7) is 20.3. The summed E-state index contributed by atoms with van der Waals surface area (Å²) in [5, 5.41) is 32.5. The van der Waals surface area contributed by atoms with Crippen LogP contribution in [-0.2, 0) is 65.2 Å². The van der Waals surface area contributed by atoms with Crippen LogP contribution in [-0.4, -0.2) is 154 Å². The van der Waals surface area contributed by atoms with Crippen molar-refractivity contribution in [1.29, 1.82) is 0 Å². The Morgan fingerprint density at radius 1 is 0.400 bits per heavy atom. The zero-order chi connectivity index (χ0) is 91.0. The van der Waals surface area contributed by atoms with Gasteiger partial charge in [0.15, 0.2) is 17.3 Å². The highest BCUT2D eigenvalue weighted by atomic mass is 32.2. The molecule has 5 fully saturated rings. The number of Topliss-reactive ketones (excluding diaryl/α,β-unsaturated/α-hetero) is 3. The fraction of sp³-hybridized carbons (Fsp3) is 0.474. The lowest BCUT2D eigenvalue weighted by atomic mass is 9.80. The molecule has 2 unspecified atom stereocenters. The van der Waals surface area contributed by atoms with E-state index in [2.05, 4.69) is 41.9 Å². The van der Waals surface area contributed by atoms with Gasteiger partial charge in [-0.05, 0) is 232 Å². The lowest BCUT2D eigenvalue weighted by Gasteiger charge is -2.32. The Morgan fingerprint density at radius 2 is 0.704 bits per heavy atom. The predicted molar refractivity (Wildman–Crippen MR) is 500 cm³/mol. The molecule has 4 heterocycles. The van der Waals surface area contributed by atoms with E-state index in [1.807, 2.05) is 126 Å². The number of nitrogens with one attached hydrogen (secondary N) is 6. The van der Waals surface area contributed by atoms with E-state index in [1.54, 1.807) is 112 Å². The van der Waals surface area contributed by atoms with Crippen molar-refractivity contribution in [3.8, 4) is 33.4 Å². The Kier molecular flexibility index (Phi) is 28.4. The van der Waals surface area contributed by atoms with Crippen molar-refractivity contribution >= 4 is 124 Å². The molecular formula is C97H125N9O15S4. The molecule has 0 spiro atoms. The molecule has 14 rings (SSSR count). The molecule has 5 aliphatic rings. The van der Waals surface area contributed by atoms with Crippen LogP contribution in [0.2, 0.25) is 0 Å². The van der Waals surface area contributed by atoms with Crippen LogP contribution < -0.4 is 30.1 Å². The van der Waals surface area contributed by atoms with Gasteiger partial charge in [0.2, 0.25) is 10.0 Å². The third-order valence-electron chi connectivity index (χ3n) is 24.3. The zero-order valence-electron chi connectivity index (χ0n) is 74.7. The normalized spacial score (nSPS) is 18.7. The van der Waals surface area contributed by atoms with Crippen molar-refractivity contribution in [2.24, 2.45) is 44.8 Å². The van der Waals surface area contributed by atoms with Crippen LogP contribution >= 0.6 is 0 Å². The van der Waals surface area contributed by atoms with Gasteiger partial charge in [-0.25, -0.2) is 39.4 Å². The second-order valence-electron chi connectivity index (χ2n) is 38.6. The van der Waals surface area contributed by atoms with Gasteiger partial charge < -0.3 is 39.9 Å². The van der Waals surface area contributed by atoms with Crippen LogP contribution in [0.3, 0.4) is 0 Å². The maximum absolute atomic E-state index is 14.1. The van der Waals surface area contributed by atoms with Crippen molar-refractivity contribution in [3.63, 3.8) is 0 Å². The molecule has 1 saturated heterocycles. The molecular weight excluding hydrogens is 1660 g/mol. The summed E-state index contributed by atoms with van der Waals surface area (Å²) in [5.41, 5.74) is 3.98. The maximum Gasteiger partial charge on any atom is 0.306 e. The number of aromatic nitrogens is 3. The highest BCUT2D eigenvalue weighted by Crippen LogP contribution is 2.44. The van der Waals surface area contributed by atoms with Crippen LogP contribution in [0.1, 0.15) is 261 Å². The van der Waals surface area contributed by atoms with Gasteiger partial charge in [0.25, 0.3) is 17.7 Å². The number of aliphatic hydroxyl groups is 1. The molecule has 0 bridgehead atoms. The van der Waals surface area contributed by atoms with Crippen molar-refractivity contribution in [1.82, 2.24) is 43.8 Å². The molecule has 1 aliphatic heterocycles. The molecule has 28 heteroatoms. The Labute approximate surface area is 737 Å². The summed E-state index contributed by atoms with van der Waals surface area (Å²) in [6, 6.07) is 38.1. The number of hydrogen-bond donors (Lipinski definition) is 8. The number of ketones is 3. The lowest BCUT2D eigenvalue weighted by molar-refractivity contribution is -0.145. The molecule has 4 aliphatic carbocycles. The number of hydrogen-bond acceptors (Lipinski definition) is 14. The topological polar surface area (TPSA) is 349 Å². The highest BCUT2D eigenvalue weighted by Gasteiger charge is 2.40. The number of sulfone groups is 1. The average molecular weight is 1790 g/mol. The first-order chi connectivity index (χ1) is 58.5. The molecule has 3 amide bonds. The number of fused-ring (bicyclic) bond motifs is 3. The minimum atomic E-state index is -3.83. The number of sulfonamides is 1. The smallest absolute Gasteiger partial charge is 0.306 e. The molecule has 24 nitrogen and oxygen atoms in total. The summed E-state index contributed by atoms with van der Waals surface area (Å²) in [6.07, 6.45) is 15.8. The summed E-state index contributed by atoms with van der Waals surface area (Å²) < 4.78 is 92.3. The van der Waals surface area contributed by atoms with Crippen LogP contribution in [0, 0.1) is 23.7 Å². The molecule has 6 aromatic carbocycles. The fourth-order valence-electron chi connectivity index (χ4n) is 18.4. The third-order valence-corrected chi connectivity index (χ3v) is 31.9. The Balaban J connectivity index is 0.000000171. The number of carboxylic acids is 1. The number of rotatable bonds is 23. The van der Waals surface area contributed by atoms with Crippen molar-refractivity contribution in [2.45, 2.75) is 247 Å². The van der Waals surface area contributed by atoms with Crippen molar-refractivity contribution in [2.75, 3.05) is 18.1 Å². The van der Waals surface area contributed by atoms with Crippen molar-refractivity contribution < 1.29 is 69.0 Å². The zero-order valence-corrected chi connectivity index (χ0v) is 78.0. The minimum Gasteiger partial charge on any atom is -0.481 e. The van der Waals surface area contributed by atoms with Gasteiger partial charge in [-0.3, -0.25) is 33.6 Å². The van der Waals surface area contributed by atoms with E-state index in [1.165, 1.54) is 0 Å². The third kappa shape index (κ3) is 22.1. The van der Waals surface area contributed by atoms with Crippen LogP contribution in [0.15, 0.2) is 142 Å². The minimum absolute atomic E-state index is 0.00563. The summed E-state index contributed by atoms with van der Waals surface area (Å²) in [5.74, 6) is 5.59. The quantitative estimate of drug-likeness (QED) is 0.0218. The molecule has 2 atom stereocenters. The summed E-state index contributed by atoms with van der Waals surface area (Å²) in [4.78, 5) is 95.2. The monoisotopic (exact) mass is 1780 g/mol. The Bertz CT molecular complexity index is 6130. The van der Waals surface area contributed by atoms with Gasteiger partial charge in [-0.1, -0.05) is 149 Å². The number of carbonyl (C=O) groups is 7. The maximum atomic E-state index is 14.1. The number of carboxylic acid groups (broad SMARTS) is 1. The molecule has 672 valence electrons. The molecule has 8 N–H and O–H groups in total. The van der Waals surface area contributed by atoms with E-state index in [-0.39, 0.29) is 81.9 Å². The highest BCUT2D eigenvalue weighted by molar-refractivity contribution is 7.99. The summed E-state index contributed by atoms with van der Waals surface area (Å²) in [7, 11) is -7.38. The lowest BCUT2D eigenvalue weighted by Crippen LogP contribution is -2.47. The largest absolute Gasteiger partial charge is 0.481 e.